The van der Waals surface area contributed by atoms with Crippen molar-refractivity contribution in [1.29, 1.82) is 0 Å². The number of halogens is 1. The van der Waals surface area contributed by atoms with Gasteiger partial charge in [0.05, 0.1) is 5.69 Å². The quantitative estimate of drug-likeness (QED) is 0.222. The maximum atomic E-state index is 13.3. The second-order valence-corrected chi connectivity index (χ2v) is 11.3. The molecule has 0 aliphatic carbocycles. The highest BCUT2D eigenvalue weighted by Crippen LogP contribution is 2.30. The largest absolute Gasteiger partial charge is 0.356 e. The third kappa shape index (κ3) is 5.53. The van der Waals surface area contributed by atoms with Crippen molar-refractivity contribution in [3.63, 3.8) is 0 Å². The smallest absolute Gasteiger partial charge is 0.271 e. The standard InChI is InChI=1S/C26H24FN3O3S2/c27-20-11-12-22-23(29-33-24(22)16-20)9-3-4-13-28-17-18-6-5-8-21(14-18)30-35(31,32)26-15-19-7-1-2-10-25(19)34-26/h1-2,5-8,10-12,14-16,28,30H,3-4,9,13,17H2. The van der Waals surface area contributed by atoms with E-state index in [1.165, 1.54) is 23.5 Å². The van der Waals surface area contributed by atoms with E-state index in [-0.39, 0.29) is 5.82 Å². The van der Waals surface area contributed by atoms with Crippen LogP contribution in [-0.4, -0.2) is 20.1 Å². The van der Waals surface area contributed by atoms with Crippen molar-refractivity contribution in [2.75, 3.05) is 11.3 Å². The van der Waals surface area contributed by atoms with E-state index < -0.39 is 10.0 Å². The molecule has 0 aliphatic rings. The molecule has 0 bridgehead atoms. The molecule has 2 heterocycles. The highest BCUT2D eigenvalue weighted by molar-refractivity contribution is 7.94. The zero-order valence-corrected chi connectivity index (χ0v) is 20.5. The third-order valence-electron chi connectivity index (χ3n) is 5.70. The van der Waals surface area contributed by atoms with Crippen LogP contribution in [-0.2, 0) is 23.0 Å². The molecule has 2 aromatic heterocycles. The van der Waals surface area contributed by atoms with Crippen LogP contribution < -0.4 is 10.0 Å². The Bertz CT molecular complexity index is 1540. The maximum Gasteiger partial charge on any atom is 0.271 e. The van der Waals surface area contributed by atoms with Crippen molar-refractivity contribution in [2.24, 2.45) is 0 Å². The number of nitrogens with zero attached hydrogens (tertiary/aromatic N) is 1. The molecular weight excluding hydrogens is 485 g/mol. The van der Waals surface area contributed by atoms with Gasteiger partial charge < -0.3 is 9.84 Å². The number of benzene rings is 3. The Hall–Kier alpha value is -3.27. The lowest BCUT2D eigenvalue weighted by Crippen LogP contribution is -2.15. The Kier molecular flexibility index (Phi) is 6.81. The number of hydrogen-bond donors (Lipinski definition) is 2. The normalized spacial score (nSPS) is 11.9. The molecular formula is C26H24FN3O3S2. The number of hydrogen-bond acceptors (Lipinski definition) is 6. The highest BCUT2D eigenvalue weighted by Gasteiger charge is 2.17. The summed E-state index contributed by atoms with van der Waals surface area (Å²) in [6.07, 6.45) is 2.62. The summed E-state index contributed by atoms with van der Waals surface area (Å²) in [5.74, 6) is -0.332. The third-order valence-corrected chi connectivity index (χ3v) is 8.67. The van der Waals surface area contributed by atoms with Crippen LogP contribution in [0, 0.1) is 5.82 Å². The summed E-state index contributed by atoms with van der Waals surface area (Å²) in [6.45, 7) is 1.44. The number of fused-ring (bicyclic) bond motifs is 2. The summed E-state index contributed by atoms with van der Waals surface area (Å²) < 4.78 is 48.1. The van der Waals surface area contributed by atoms with Crippen molar-refractivity contribution < 1.29 is 17.3 Å². The highest BCUT2D eigenvalue weighted by atomic mass is 32.2. The van der Waals surface area contributed by atoms with Crippen molar-refractivity contribution >= 4 is 48.1 Å². The minimum absolute atomic E-state index is 0.298. The van der Waals surface area contributed by atoms with Crippen LogP contribution in [0.2, 0.25) is 0 Å². The van der Waals surface area contributed by atoms with E-state index in [2.05, 4.69) is 15.2 Å². The fourth-order valence-corrected chi connectivity index (χ4v) is 6.41. The van der Waals surface area contributed by atoms with Crippen LogP contribution >= 0.6 is 11.3 Å². The molecule has 0 radical (unpaired) electrons. The lowest BCUT2D eigenvalue weighted by atomic mass is 10.1. The topological polar surface area (TPSA) is 84.2 Å². The second kappa shape index (κ2) is 10.2. The summed E-state index contributed by atoms with van der Waals surface area (Å²) in [4.78, 5) is 0. The van der Waals surface area contributed by atoms with E-state index in [0.29, 0.717) is 22.0 Å². The minimum atomic E-state index is -3.65. The molecule has 0 spiro atoms. The summed E-state index contributed by atoms with van der Waals surface area (Å²) in [7, 11) is -3.65. The molecule has 180 valence electrons. The number of nitrogens with one attached hydrogen (secondary N) is 2. The first-order chi connectivity index (χ1) is 17.0. The number of aryl methyl sites for hydroxylation is 1. The van der Waals surface area contributed by atoms with Crippen LogP contribution in [0.25, 0.3) is 21.1 Å². The summed E-state index contributed by atoms with van der Waals surface area (Å²) in [5, 5.41) is 9.23. The van der Waals surface area contributed by atoms with E-state index in [1.54, 1.807) is 18.2 Å². The number of unbranched alkanes of at least 4 members (excludes halogenated alkanes) is 1. The van der Waals surface area contributed by atoms with E-state index in [1.807, 2.05) is 42.5 Å². The number of thiophene rings is 1. The van der Waals surface area contributed by atoms with Gasteiger partial charge in [-0.1, -0.05) is 35.5 Å². The Morgan fingerprint density at radius 1 is 0.971 bits per heavy atom. The number of rotatable bonds is 10. The van der Waals surface area contributed by atoms with Gasteiger partial charge >= 0.3 is 0 Å². The zero-order valence-electron chi connectivity index (χ0n) is 18.8. The molecule has 5 rings (SSSR count). The van der Waals surface area contributed by atoms with Crippen LogP contribution in [0.5, 0.6) is 0 Å². The summed E-state index contributed by atoms with van der Waals surface area (Å²) in [6, 6.07) is 21.2. The fraction of sp³-hybridized carbons (Fsp3) is 0.192. The van der Waals surface area contributed by atoms with Gasteiger partial charge in [0.2, 0.25) is 0 Å². The van der Waals surface area contributed by atoms with Gasteiger partial charge in [0.15, 0.2) is 5.58 Å². The molecule has 6 nitrogen and oxygen atoms in total. The molecule has 2 N–H and O–H groups in total. The van der Waals surface area contributed by atoms with Crippen LogP contribution in [0.1, 0.15) is 24.1 Å². The first-order valence-corrected chi connectivity index (χ1v) is 13.6. The first kappa shape index (κ1) is 23.5. The van der Waals surface area contributed by atoms with Crippen LogP contribution in [0.15, 0.2) is 81.5 Å². The van der Waals surface area contributed by atoms with Crippen LogP contribution in [0.4, 0.5) is 10.1 Å². The average molecular weight is 510 g/mol. The van der Waals surface area contributed by atoms with Gasteiger partial charge in [0.1, 0.15) is 10.0 Å². The predicted octanol–water partition coefficient (Wildman–Crippen LogP) is 6.09. The molecule has 5 aromatic rings. The van der Waals surface area contributed by atoms with E-state index in [9.17, 15) is 12.8 Å². The second-order valence-electron chi connectivity index (χ2n) is 8.31. The first-order valence-electron chi connectivity index (χ1n) is 11.3. The fourth-order valence-electron chi connectivity index (χ4n) is 3.96. The zero-order chi connectivity index (χ0) is 24.3. The maximum absolute atomic E-state index is 13.3. The number of aromatic nitrogens is 1. The van der Waals surface area contributed by atoms with Gasteiger partial charge in [-0.2, -0.15) is 0 Å². The lowest BCUT2D eigenvalue weighted by molar-refractivity contribution is 0.442. The van der Waals surface area contributed by atoms with Gasteiger partial charge in [-0.25, -0.2) is 12.8 Å². The number of sulfonamides is 1. The van der Waals surface area contributed by atoms with Crippen molar-refractivity contribution in [1.82, 2.24) is 10.5 Å². The van der Waals surface area contributed by atoms with E-state index in [4.69, 9.17) is 4.52 Å². The molecule has 0 unspecified atom stereocenters. The average Bonchev–Trinajstić information content (AvgIpc) is 3.46. The Labute approximate surface area is 206 Å². The SMILES string of the molecule is O=S(=O)(Nc1cccc(CNCCCCc2noc3cc(F)ccc23)c1)c1cc2ccccc2s1. The molecule has 9 heteroatoms. The van der Waals surface area contributed by atoms with Gasteiger partial charge in [-0.05, 0) is 73.2 Å². The molecule has 35 heavy (non-hydrogen) atoms. The monoisotopic (exact) mass is 509 g/mol. The molecule has 0 saturated carbocycles. The lowest BCUT2D eigenvalue weighted by Gasteiger charge is -2.09. The predicted molar refractivity (Wildman–Crippen MR) is 138 cm³/mol. The van der Waals surface area contributed by atoms with Gasteiger partial charge in [0.25, 0.3) is 10.0 Å². The van der Waals surface area contributed by atoms with E-state index >= 15 is 0 Å². The summed E-state index contributed by atoms with van der Waals surface area (Å²) >= 11 is 1.26. The van der Waals surface area contributed by atoms with E-state index in [0.717, 1.165) is 52.5 Å². The molecule has 0 fully saturated rings. The van der Waals surface area contributed by atoms with Gasteiger partial charge in [0, 0.05) is 28.4 Å². The van der Waals surface area contributed by atoms with Crippen LogP contribution in [0.3, 0.4) is 0 Å². The molecule has 3 aromatic carbocycles. The molecule has 0 aliphatic heterocycles. The Morgan fingerprint density at radius 3 is 2.74 bits per heavy atom. The van der Waals surface area contributed by atoms with Gasteiger partial charge in [-0.15, -0.1) is 11.3 Å². The molecule has 0 saturated heterocycles. The summed E-state index contributed by atoms with van der Waals surface area (Å²) in [5.41, 5.74) is 2.85. The molecule has 0 amide bonds. The molecule has 0 atom stereocenters. The van der Waals surface area contributed by atoms with Crippen molar-refractivity contribution in [2.45, 2.75) is 30.0 Å². The van der Waals surface area contributed by atoms with Gasteiger partial charge in [-0.3, -0.25) is 4.72 Å². The number of anilines is 1. The minimum Gasteiger partial charge on any atom is -0.356 e. The van der Waals surface area contributed by atoms with Crippen molar-refractivity contribution in [3.05, 3.63) is 89.9 Å². The Balaban J connectivity index is 1.11. The Morgan fingerprint density at radius 2 is 1.86 bits per heavy atom. The van der Waals surface area contributed by atoms with Crippen molar-refractivity contribution in [3.8, 4) is 0 Å².